The Morgan fingerprint density at radius 3 is 2.60 bits per heavy atom. The van der Waals surface area contributed by atoms with Crippen LogP contribution in [0.15, 0.2) is 46.9 Å². The van der Waals surface area contributed by atoms with E-state index in [0.717, 1.165) is 18.5 Å². The molecule has 0 aromatic heterocycles. The molecule has 1 nitrogen and oxygen atoms in total. The highest BCUT2D eigenvalue weighted by atomic mass is 79.9. The first kappa shape index (κ1) is 15.2. The molecule has 0 fully saturated rings. The van der Waals surface area contributed by atoms with E-state index in [9.17, 15) is 4.39 Å². The van der Waals surface area contributed by atoms with E-state index in [4.69, 9.17) is 0 Å². The van der Waals surface area contributed by atoms with E-state index < -0.39 is 0 Å². The van der Waals surface area contributed by atoms with Crippen molar-refractivity contribution >= 4 is 15.9 Å². The molecule has 106 valence electrons. The molecule has 0 aliphatic heterocycles. The van der Waals surface area contributed by atoms with Gasteiger partial charge in [0.25, 0.3) is 0 Å². The van der Waals surface area contributed by atoms with Crippen LogP contribution in [-0.2, 0) is 6.42 Å². The number of nitrogens with one attached hydrogen (secondary N) is 1. The van der Waals surface area contributed by atoms with E-state index >= 15 is 0 Å². The summed E-state index contributed by atoms with van der Waals surface area (Å²) in [7, 11) is 1.95. The number of hydrogen-bond donors (Lipinski definition) is 1. The molecule has 1 N–H and O–H groups in total. The van der Waals surface area contributed by atoms with Crippen molar-refractivity contribution in [1.82, 2.24) is 5.32 Å². The highest BCUT2D eigenvalue weighted by Crippen LogP contribution is 2.28. The summed E-state index contributed by atoms with van der Waals surface area (Å²) in [5, 5.41) is 3.24. The van der Waals surface area contributed by atoms with Crippen molar-refractivity contribution in [1.29, 1.82) is 0 Å². The van der Waals surface area contributed by atoms with E-state index in [1.165, 1.54) is 17.2 Å². The van der Waals surface area contributed by atoms with Crippen LogP contribution in [0.4, 0.5) is 4.39 Å². The number of hydrogen-bond acceptors (Lipinski definition) is 1. The maximum Gasteiger partial charge on any atom is 0.137 e. The van der Waals surface area contributed by atoms with E-state index in [1.54, 1.807) is 6.07 Å². The molecule has 3 heteroatoms. The van der Waals surface area contributed by atoms with Gasteiger partial charge >= 0.3 is 0 Å². The van der Waals surface area contributed by atoms with E-state index in [1.807, 2.05) is 19.2 Å². The average Bonchev–Trinajstić information content (AvgIpc) is 2.44. The maximum atomic E-state index is 13.6. The molecule has 20 heavy (non-hydrogen) atoms. The zero-order chi connectivity index (χ0) is 14.5. The lowest BCUT2D eigenvalue weighted by atomic mass is 9.89. The van der Waals surface area contributed by atoms with Gasteiger partial charge in [-0.2, -0.15) is 0 Å². The van der Waals surface area contributed by atoms with Crippen LogP contribution in [0.25, 0.3) is 0 Å². The summed E-state index contributed by atoms with van der Waals surface area (Å²) in [6.45, 7) is 2.99. The van der Waals surface area contributed by atoms with Gasteiger partial charge in [-0.05, 0) is 59.1 Å². The fourth-order valence-electron chi connectivity index (χ4n) is 2.55. The minimum atomic E-state index is -0.199. The summed E-state index contributed by atoms with van der Waals surface area (Å²) < 4.78 is 14.2. The van der Waals surface area contributed by atoms with Crippen LogP contribution in [0.5, 0.6) is 0 Å². The molecule has 0 spiro atoms. The van der Waals surface area contributed by atoms with Crippen LogP contribution in [0.2, 0.25) is 0 Å². The Labute approximate surface area is 128 Å². The third-order valence-electron chi connectivity index (χ3n) is 3.58. The number of likely N-dealkylation sites (N-methyl/N-ethyl adjacent to an activating group) is 1. The summed E-state index contributed by atoms with van der Waals surface area (Å²) in [5.74, 6) is 0.134. The zero-order valence-electron chi connectivity index (χ0n) is 11.8. The highest BCUT2D eigenvalue weighted by molar-refractivity contribution is 9.10. The van der Waals surface area contributed by atoms with Crippen molar-refractivity contribution in [2.75, 3.05) is 13.6 Å². The van der Waals surface area contributed by atoms with Crippen molar-refractivity contribution in [3.8, 4) is 0 Å². The number of rotatable bonds is 5. The molecule has 2 aromatic carbocycles. The molecule has 1 unspecified atom stereocenters. The van der Waals surface area contributed by atoms with Gasteiger partial charge in [0.05, 0.1) is 4.47 Å². The van der Waals surface area contributed by atoms with Gasteiger partial charge in [-0.15, -0.1) is 0 Å². The van der Waals surface area contributed by atoms with Gasteiger partial charge in [-0.25, -0.2) is 4.39 Å². The van der Waals surface area contributed by atoms with Gasteiger partial charge in [-0.3, -0.25) is 0 Å². The summed E-state index contributed by atoms with van der Waals surface area (Å²) in [4.78, 5) is 0. The van der Waals surface area contributed by atoms with Crippen molar-refractivity contribution in [3.63, 3.8) is 0 Å². The minimum absolute atomic E-state index is 0.199. The summed E-state index contributed by atoms with van der Waals surface area (Å²) in [6, 6.07) is 13.6. The highest BCUT2D eigenvalue weighted by Gasteiger charge is 2.16. The molecule has 0 radical (unpaired) electrons. The monoisotopic (exact) mass is 335 g/mol. The second kappa shape index (κ2) is 7.00. The quantitative estimate of drug-likeness (QED) is 0.851. The van der Waals surface area contributed by atoms with Crippen molar-refractivity contribution in [2.24, 2.45) is 0 Å². The molecular weight excluding hydrogens is 317 g/mol. The van der Waals surface area contributed by atoms with Crippen LogP contribution >= 0.6 is 15.9 Å². The topological polar surface area (TPSA) is 12.0 Å². The minimum Gasteiger partial charge on any atom is -0.319 e. The Bertz CT molecular complexity index is 583. The Balaban J connectivity index is 2.31. The van der Waals surface area contributed by atoms with Crippen LogP contribution in [-0.4, -0.2) is 13.6 Å². The smallest absolute Gasteiger partial charge is 0.137 e. The summed E-state index contributed by atoms with van der Waals surface area (Å²) in [5.41, 5.74) is 3.60. The van der Waals surface area contributed by atoms with Crippen LogP contribution in [0, 0.1) is 12.7 Å². The lowest BCUT2D eigenvalue weighted by Gasteiger charge is -2.20. The van der Waals surface area contributed by atoms with Crippen LogP contribution < -0.4 is 5.32 Å². The number of aryl methyl sites for hydroxylation is 1. The van der Waals surface area contributed by atoms with Crippen molar-refractivity contribution in [2.45, 2.75) is 19.3 Å². The third-order valence-corrected chi connectivity index (χ3v) is 4.46. The first-order valence-corrected chi connectivity index (χ1v) is 7.55. The molecule has 0 aliphatic carbocycles. The van der Waals surface area contributed by atoms with Crippen LogP contribution in [0.1, 0.15) is 22.6 Å². The lowest BCUT2D eigenvalue weighted by molar-refractivity contribution is 0.600. The van der Waals surface area contributed by atoms with Gasteiger partial charge in [0.15, 0.2) is 0 Å². The molecule has 0 aliphatic rings. The van der Waals surface area contributed by atoms with Gasteiger partial charge in [0.1, 0.15) is 5.82 Å². The molecule has 0 heterocycles. The Morgan fingerprint density at radius 2 is 1.90 bits per heavy atom. The molecule has 0 bridgehead atoms. The Morgan fingerprint density at radius 1 is 1.15 bits per heavy atom. The summed E-state index contributed by atoms with van der Waals surface area (Å²) >= 11 is 3.36. The Hall–Kier alpha value is -1.19. The van der Waals surface area contributed by atoms with Crippen molar-refractivity contribution < 1.29 is 4.39 Å². The van der Waals surface area contributed by atoms with Gasteiger partial charge in [-0.1, -0.05) is 36.4 Å². The zero-order valence-corrected chi connectivity index (χ0v) is 13.4. The maximum absolute atomic E-state index is 13.6. The number of halogens is 2. The number of benzene rings is 2. The standard InChI is InChI=1S/C17H19BrFN/c1-12-6-3-4-8-15(12)14(11-20-2)10-13-7-5-9-16(19)17(13)18/h3-9,14,20H,10-11H2,1-2H3. The molecular formula is C17H19BrFN. The second-order valence-corrected chi connectivity index (χ2v) is 5.82. The van der Waals surface area contributed by atoms with E-state index in [0.29, 0.717) is 10.4 Å². The van der Waals surface area contributed by atoms with Gasteiger partial charge < -0.3 is 5.32 Å². The first-order valence-electron chi connectivity index (χ1n) is 6.76. The molecule has 2 aromatic rings. The van der Waals surface area contributed by atoms with Crippen molar-refractivity contribution in [3.05, 3.63) is 69.4 Å². The second-order valence-electron chi connectivity index (χ2n) is 5.03. The van der Waals surface area contributed by atoms with Gasteiger partial charge in [0, 0.05) is 12.5 Å². The normalized spacial score (nSPS) is 12.4. The Kier molecular flexibility index (Phi) is 5.32. The first-order chi connectivity index (χ1) is 9.63. The molecule has 1 atom stereocenters. The predicted molar refractivity (Wildman–Crippen MR) is 85.7 cm³/mol. The molecule has 0 saturated heterocycles. The third kappa shape index (κ3) is 3.47. The molecule has 0 saturated carbocycles. The lowest BCUT2D eigenvalue weighted by Crippen LogP contribution is -2.20. The van der Waals surface area contributed by atoms with E-state index in [-0.39, 0.29) is 5.82 Å². The fourth-order valence-corrected chi connectivity index (χ4v) is 2.98. The summed E-state index contributed by atoms with van der Waals surface area (Å²) in [6.07, 6.45) is 0.810. The largest absolute Gasteiger partial charge is 0.319 e. The molecule has 2 rings (SSSR count). The van der Waals surface area contributed by atoms with Gasteiger partial charge in [0.2, 0.25) is 0 Å². The fraction of sp³-hybridized carbons (Fsp3) is 0.294. The van der Waals surface area contributed by atoms with E-state index in [2.05, 4.69) is 46.4 Å². The van der Waals surface area contributed by atoms with Crippen LogP contribution in [0.3, 0.4) is 0 Å². The SMILES string of the molecule is CNCC(Cc1cccc(F)c1Br)c1ccccc1C. The molecule has 0 amide bonds. The predicted octanol–water partition coefficient (Wildman–Crippen LogP) is 4.44. The average molecular weight is 336 g/mol.